The first kappa shape index (κ1) is 17.6. The lowest BCUT2D eigenvalue weighted by atomic mass is 10.1. The van der Waals surface area contributed by atoms with Crippen LogP contribution < -0.4 is 10.1 Å². The van der Waals surface area contributed by atoms with E-state index < -0.39 is 17.8 Å². The molecule has 8 heteroatoms. The summed E-state index contributed by atoms with van der Waals surface area (Å²) in [4.78, 5) is 20.4. The van der Waals surface area contributed by atoms with Crippen LogP contribution in [0, 0.1) is 12.7 Å². The van der Waals surface area contributed by atoms with Gasteiger partial charge in [0.2, 0.25) is 11.8 Å². The van der Waals surface area contributed by atoms with E-state index >= 15 is 0 Å². The number of pyridine rings is 1. The molecule has 0 aliphatic carbocycles. The molecule has 3 aromatic rings. The molecule has 7 nitrogen and oxygen atoms in total. The molecule has 0 saturated heterocycles. The van der Waals surface area contributed by atoms with E-state index in [0.29, 0.717) is 11.6 Å². The summed E-state index contributed by atoms with van der Waals surface area (Å²) in [7, 11) is 1.49. The molecule has 1 aromatic carbocycles. The van der Waals surface area contributed by atoms with Crippen molar-refractivity contribution < 1.29 is 23.4 Å². The number of benzene rings is 1. The number of hydrogen-bond donors (Lipinski definition) is 2. The molecule has 1 atom stereocenters. The summed E-state index contributed by atoms with van der Waals surface area (Å²) in [6.45, 7) is 1.53. The van der Waals surface area contributed by atoms with Crippen molar-refractivity contribution in [2.45, 2.75) is 13.0 Å². The second-order valence-electron chi connectivity index (χ2n) is 5.42. The molecule has 0 aliphatic heterocycles. The van der Waals surface area contributed by atoms with Gasteiger partial charge in [-0.05, 0) is 19.1 Å². The van der Waals surface area contributed by atoms with Gasteiger partial charge in [-0.25, -0.2) is 14.4 Å². The summed E-state index contributed by atoms with van der Waals surface area (Å²) in [5.74, 6) is -0.674. The van der Waals surface area contributed by atoms with Crippen molar-refractivity contribution in [2.24, 2.45) is 0 Å². The summed E-state index contributed by atoms with van der Waals surface area (Å²) in [6.07, 6.45) is 0.0143. The lowest BCUT2D eigenvalue weighted by molar-refractivity contribution is 0.102. The van der Waals surface area contributed by atoms with Crippen LogP contribution in [0.1, 0.15) is 33.8 Å². The van der Waals surface area contributed by atoms with Crippen LogP contribution in [0.25, 0.3) is 0 Å². The van der Waals surface area contributed by atoms with Crippen LogP contribution in [0.15, 0.2) is 47.0 Å². The smallest absolute Gasteiger partial charge is 0.277 e. The van der Waals surface area contributed by atoms with Crippen molar-refractivity contribution in [3.63, 3.8) is 0 Å². The van der Waals surface area contributed by atoms with Gasteiger partial charge in [0.05, 0.1) is 19.0 Å². The molecule has 2 heterocycles. The van der Waals surface area contributed by atoms with Crippen LogP contribution in [0.3, 0.4) is 0 Å². The number of nitrogens with one attached hydrogen (secondary N) is 1. The van der Waals surface area contributed by atoms with E-state index in [1.807, 2.05) is 0 Å². The highest BCUT2D eigenvalue weighted by Gasteiger charge is 2.24. The molecule has 2 aromatic heterocycles. The number of anilines is 1. The lowest BCUT2D eigenvalue weighted by Gasteiger charge is -2.07. The molecule has 0 radical (unpaired) electrons. The van der Waals surface area contributed by atoms with E-state index in [0.717, 1.165) is 0 Å². The average Bonchev–Trinajstić information content (AvgIpc) is 3.04. The Morgan fingerprint density at radius 1 is 1.31 bits per heavy atom. The van der Waals surface area contributed by atoms with Crippen LogP contribution in [-0.4, -0.2) is 28.1 Å². The molecular weight excluding hydrogens is 341 g/mol. The van der Waals surface area contributed by atoms with Crippen LogP contribution in [0.2, 0.25) is 0 Å². The largest absolute Gasteiger partial charge is 0.481 e. The monoisotopic (exact) mass is 357 g/mol. The third-order valence-electron chi connectivity index (χ3n) is 3.67. The average molecular weight is 357 g/mol. The van der Waals surface area contributed by atoms with Crippen LogP contribution in [0.5, 0.6) is 5.88 Å². The van der Waals surface area contributed by atoms with Crippen LogP contribution in [-0.2, 0) is 0 Å². The Morgan fingerprint density at radius 2 is 2.08 bits per heavy atom. The number of oxazole rings is 1. The normalized spacial score (nSPS) is 11.8. The molecule has 0 bridgehead atoms. The fourth-order valence-electron chi connectivity index (χ4n) is 2.34. The van der Waals surface area contributed by atoms with E-state index in [2.05, 4.69) is 15.3 Å². The number of carbonyl (C=O) groups excluding carboxylic acids is 1. The standard InChI is InChI=1S/C18H16FN3O4/c1-10-15(17(24)21-11-7-8-14(25-2)20-9-11)22-18(26-10)16(23)12-5-3-4-6-13(12)19/h3-9,16,23H,1-2H3,(H,21,24). The van der Waals surface area contributed by atoms with Gasteiger partial charge < -0.3 is 19.6 Å². The maximum Gasteiger partial charge on any atom is 0.277 e. The number of rotatable bonds is 5. The Kier molecular flexibility index (Phi) is 4.94. The van der Waals surface area contributed by atoms with E-state index in [1.54, 1.807) is 18.2 Å². The Bertz CT molecular complexity index is 924. The van der Waals surface area contributed by atoms with E-state index in [-0.39, 0.29) is 22.9 Å². The van der Waals surface area contributed by atoms with Crippen molar-refractivity contribution in [1.29, 1.82) is 0 Å². The molecule has 26 heavy (non-hydrogen) atoms. The quantitative estimate of drug-likeness (QED) is 0.729. The van der Waals surface area contributed by atoms with Gasteiger partial charge in [-0.15, -0.1) is 0 Å². The number of aryl methyl sites for hydroxylation is 1. The number of carbonyl (C=O) groups is 1. The minimum Gasteiger partial charge on any atom is -0.481 e. The van der Waals surface area contributed by atoms with Gasteiger partial charge in [0, 0.05) is 11.6 Å². The Labute approximate surface area is 148 Å². The van der Waals surface area contributed by atoms with Crippen molar-refractivity contribution in [3.05, 3.63) is 71.3 Å². The van der Waals surface area contributed by atoms with Gasteiger partial charge in [-0.3, -0.25) is 4.79 Å². The summed E-state index contributed by atoms with van der Waals surface area (Å²) >= 11 is 0. The molecule has 1 unspecified atom stereocenters. The van der Waals surface area contributed by atoms with Gasteiger partial charge in [-0.2, -0.15) is 0 Å². The Morgan fingerprint density at radius 3 is 2.73 bits per heavy atom. The predicted molar refractivity (Wildman–Crippen MR) is 90.4 cm³/mol. The van der Waals surface area contributed by atoms with Crippen LogP contribution in [0.4, 0.5) is 10.1 Å². The van der Waals surface area contributed by atoms with Gasteiger partial charge in [0.25, 0.3) is 5.91 Å². The summed E-state index contributed by atoms with van der Waals surface area (Å²) < 4.78 is 24.1. The fraction of sp³-hybridized carbons (Fsp3) is 0.167. The molecule has 2 N–H and O–H groups in total. The van der Waals surface area contributed by atoms with Gasteiger partial charge in [-0.1, -0.05) is 18.2 Å². The number of nitrogens with zero attached hydrogens (tertiary/aromatic N) is 2. The first-order valence-corrected chi connectivity index (χ1v) is 7.71. The first-order chi connectivity index (χ1) is 12.5. The molecular formula is C18H16FN3O4. The van der Waals surface area contributed by atoms with E-state index in [9.17, 15) is 14.3 Å². The molecule has 3 rings (SSSR count). The van der Waals surface area contributed by atoms with Crippen molar-refractivity contribution in [1.82, 2.24) is 9.97 Å². The molecule has 134 valence electrons. The van der Waals surface area contributed by atoms with Gasteiger partial charge in [0.15, 0.2) is 11.8 Å². The van der Waals surface area contributed by atoms with E-state index in [1.165, 1.54) is 38.4 Å². The number of hydrogen-bond acceptors (Lipinski definition) is 6. The number of ether oxygens (including phenoxy) is 1. The summed E-state index contributed by atoms with van der Waals surface area (Å²) in [5.41, 5.74) is 0.445. The number of aliphatic hydroxyl groups is 1. The van der Waals surface area contributed by atoms with Crippen molar-refractivity contribution >= 4 is 11.6 Å². The van der Waals surface area contributed by atoms with Crippen molar-refractivity contribution in [3.8, 4) is 5.88 Å². The molecule has 0 spiro atoms. The molecule has 1 amide bonds. The zero-order valence-electron chi connectivity index (χ0n) is 14.1. The van der Waals surface area contributed by atoms with E-state index in [4.69, 9.17) is 9.15 Å². The SMILES string of the molecule is COc1ccc(NC(=O)c2nc(C(O)c3ccccc3F)oc2C)cn1. The predicted octanol–water partition coefficient (Wildman–Crippen LogP) is 2.86. The molecule has 0 aliphatic rings. The minimum absolute atomic E-state index is 0.00814. The highest BCUT2D eigenvalue weighted by Crippen LogP contribution is 2.25. The number of halogens is 1. The number of aliphatic hydroxyl groups excluding tert-OH is 1. The third kappa shape index (κ3) is 3.55. The summed E-state index contributed by atoms with van der Waals surface area (Å²) in [5, 5.41) is 12.9. The topological polar surface area (TPSA) is 97.5 Å². The Hall–Kier alpha value is -3.26. The number of amides is 1. The highest BCUT2D eigenvalue weighted by atomic mass is 19.1. The van der Waals surface area contributed by atoms with Gasteiger partial charge >= 0.3 is 0 Å². The zero-order valence-corrected chi connectivity index (χ0v) is 14.1. The molecule has 0 fully saturated rings. The lowest BCUT2D eigenvalue weighted by Crippen LogP contribution is -2.14. The second-order valence-corrected chi connectivity index (χ2v) is 5.42. The first-order valence-electron chi connectivity index (χ1n) is 7.71. The van der Waals surface area contributed by atoms with Gasteiger partial charge in [0.1, 0.15) is 11.6 Å². The third-order valence-corrected chi connectivity index (χ3v) is 3.67. The van der Waals surface area contributed by atoms with Crippen molar-refractivity contribution in [2.75, 3.05) is 12.4 Å². The fourth-order valence-corrected chi connectivity index (χ4v) is 2.34. The number of aromatic nitrogens is 2. The number of methoxy groups -OCH3 is 1. The highest BCUT2D eigenvalue weighted by molar-refractivity contribution is 6.03. The van der Waals surface area contributed by atoms with Crippen LogP contribution >= 0.6 is 0 Å². The minimum atomic E-state index is -1.42. The second kappa shape index (κ2) is 7.32. The Balaban J connectivity index is 1.80. The summed E-state index contributed by atoms with van der Waals surface area (Å²) in [6, 6.07) is 8.95. The maximum atomic E-state index is 13.8. The maximum absolute atomic E-state index is 13.8. The molecule has 0 saturated carbocycles. The zero-order chi connectivity index (χ0) is 18.7.